The Morgan fingerprint density at radius 2 is 1.76 bits per heavy atom. The lowest BCUT2D eigenvalue weighted by Crippen LogP contribution is -2.45. The Balaban J connectivity index is 1.99. The van der Waals surface area contributed by atoms with Gasteiger partial charge in [-0.1, -0.05) is 33.1 Å². The molecule has 1 unspecified atom stereocenters. The molecular weight excluding hydrogens is 210 g/mol. The first-order chi connectivity index (χ1) is 8.12. The minimum absolute atomic E-state index is 0.116. The molecular formula is C15H27NO. The molecule has 1 aliphatic carbocycles. The van der Waals surface area contributed by atoms with Gasteiger partial charge in [0.1, 0.15) is 5.78 Å². The van der Waals surface area contributed by atoms with E-state index in [1.165, 1.54) is 32.1 Å². The van der Waals surface area contributed by atoms with Gasteiger partial charge < -0.3 is 5.32 Å². The highest BCUT2D eigenvalue weighted by Crippen LogP contribution is 2.38. The average Bonchev–Trinajstić information content (AvgIpc) is 2.40. The molecule has 1 saturated carbocycles. The Morgan fingerprint density at radius 1 is 1.06 bits per heavy atom. The number of carbonyl (C=O) groups excluding carboxylic acids is 1. The lowest BCUT2D eigenvalue weighted by molar-refractivity contribution is -0.135. The second-order valence-electron chi connectivity index (χ2n) is 6.46. The van der Waals surface area contributed by atoms with Gasteiger partial charge in [0.15, 0.2) is 0 Å². The summed E-state index contributed by atoms with van der Waals surface area (Å²) in [7, 11) is 0. The average molecular weight is 237 g/mol. The summed E-state index contributed by atoms with van der Waals surface area (Å²) in [6.07, 6.45) is 8.58. The number of carbonyl (C=O) groups is 1. The molecule has 0 amide bonds. The second-order valence-corrected chi connectivity index (χ2v) is 6.46. The molecule has 17 heavy (non-hydrogen) atoms. The number of Topliss-reactive ketones (excluding diaryl/α,β-unsaturated/α-hetero) is 1. The maximum Gasteiger partial charge on any atom is 0.141 e. The van der Waals surface area contributed by atoms with Crippen LogP contribution in [-0.4, -0.2) is 18.9 Å². The predicted octanol–water partition coefficient (Wildman–Crippen LogP) is 3.16. The summed E-state index contributed by atoms with van der Waals surface area (Å²) in [4.78, 5) is 12.7. The zero-order valence-corrected chi connectivity index (χ0v) is 11.4. The maximum atomic E-state index is 12.7. The van der Waals surface area contributed by atoms with E-state index >= 15 is 0 Å². The van der Waals surface area contributed by atoms with E-state index in [4.69, 9.17) is 0 Å². The standard InChI is InChI=1S/C15H27NO/c1-15(2,13-9-6-10-16-11-13)14(17)12-7-4-3-5-8-12/h12-13,16H,3-11H2,1-2H3. The minimum Gasteiger partial charge on any atom is -0.316 e. The van der Waals surface area contributed by atoms with Crippen LogP contribution in [0.25, 0.3) is 0 Å². The largest absolute Gasteiger partial charge is 0.316 e. The van der Waals surface area contributed by atoms with Gasteiger partial charge in [-0.3, -0.25) is 4.79 Å². The van der Waals surface area contributed by atoms with E-state index in [1.54, 1.807) is 0 Å². The fourth-order valence-corrected chi connectivity index (χ4v) is 3.56. The van der Waals surface area contributed by atoms with Gasteiger partial charge >= 0.3 is 0 Å². The smallest absolute Gasteiger partial charge is 0.141 e. The van der Waals surface area contributed by atoms with Gasteiger partial charge in [-0.05, 0) is 44.7 Å². The Kier molecular flexibility index (Phi) is 4.24. The molecule has 1 saturated heterocycles. The van der Waals surface area contributed by atoms with Crippen molar-refractivity contribution in [1.29, 1.82) is 0 Å². The Labute approximate surface area is 106 Å². The highest BCUT2D eigenvalue weighted by Gasteiger charge is 2.40. The summed E-state index contributed by atoms with van der Waals surface area (Å²) in [5.41, 5.74) is -0.116. The summed E-state index contributed by atoms with van der Waals surface area (Å²) in [5.74, 6) is 1.46. The van der Waals surface area contributed by atoms with E-state index < -0.39 is 0 Å². The van der Waals surface area contributed by atoms with Crippen LogP contribution in [0.4, 0.5) is 0 Å². The lowest BCUT2D eigenvalue weighted by Gasteiger charge is -2.39. The summed E-state index contributed by atoms with van der Waals surface area (Å²) < 4.78 is 0. The van der Waals surface area contributed by atoms with Crippen molar-refractivity contribution in [3.8, 4) is 0 Å². The van der Waals surface area contributed by atoms with Crippen LogP contribution in [0.3, 0.4) is 0 Å². The lowest BCUT2D eigenvalue weighted by atomic mass is 9.67. The summed E-state index contributed by atoms with van der Waals surface area (Å²) in [5, 5.41) is 3.45. The molecule has 2 rings (SSSR count). The van der Waals surface area contributed by atoms with Crippen molar-refractivity contribution < 1.29 is 4.79 Å². The van der Waals surface area contributed by atoms with Gasteiger partial charge in [-0.2, -0.15) is 0 Å². The highest BCUT2D eigenvalue weighted by molar-refractivity contribution is 5.86. The zero-order valence-electron chi connectivity index (χ0n) is 11.4. The van der Waals surface area contributed by atoms with Crippen LogP contribution in [0, 0.1) is 17.3 Å². The molecule has 0 bridgehead atoms. The van der Waals surface area contributed by atoms with Crippen LogP contribution in [0.1, 0.15) is 58.8 Å². The van der Waals surface area contributed by atoms with E-state index in [-0.39, 0.29) is 5.41 Å². The number of ketones is 1. The molecule has 2 aliphatic rings. The zero-order chi connectivity index (χ0) is 12.3. The van der Waals surface area contributed by atoms with Crippen LogP contribution in [0.5, 0.6) is 0 Å². The molecule has 0 spiro atoms. The molecule has 1 N–H and O–H groups in total. The van der Waals surface area contributed by atoms with Crippen molar-refractivity contribution in [2.75, 3.05) is 13.1 Å². The molecule has 0 aromatic rings. The normalized spacial score (nSPS) is 28.0. The van der Waals surface area contributed by atoms with Crippen molar-refractivity contribution >= 4 is 5.78 Å². The van der Waals surface area contributed by atoms with Gasteiger partial charge in [-0.15, -0.1) is 0 Å². The molecule has 1 aliphatic heterocycles. The molecule has 1 atom stereocenters. The quantitative estimate of drug-likeness (QED) is 0.817. The fourth-order valence-electron chi connectivity index (χ4n) is 3.56. The molecule has 2 nitrogen and oxygen atoms in total. The first kappa shape index (κ1) is 13.1. The predicted molar refractivity (Wildman–Crippen MR) is 71.0 cm³/mol. The van der Waals surface area contributed by atoms with Crippen molar-refractivity contribution in [1.82, 2.24) is 5.32 Å². The van der Waals surface area contributed by atoms with Gasteiger partial charge in [0, 0.05) is 11.3 Å². The number of piperidine rings is 1. The third-order valence-corrected chi connectivity index (χ3v) is 4.93. The van der Waals surface area contributed by atoms with Crippen LogP contribution >= 0.6 is 0 Å². The van der Waals surface area contributed by atoms with E-state index in [1.807, 2.05) is 0 Å². The SMILES string of the molecule is CC(C)(C(=O)C1CCCCC1)C1CCCNC1. The van der Waals surface area contributed by atoms with Crippen molar-refractivity contribution in [2.45, 2.75) is 58.8 Å². The highest BCUT2D eigenvalue weighted by atomic mass is 16.1. The van der Waals surface area contributed by atoms with Crippen molar-refractivity contribution in [3.63, 3.8) is 0 Å². The Morgan fingerprint density at radius 3 is 2.35 bits per heavy atom. The minimum atomic E-state index is -0.116. The fraction of sp³-hybridized carbons (Fsp3) is 0.933. The van der Waals surface area contributed by atoms with E-state index in [9.17, 15) is 4.79 Å². The van der Waals surface area contributed by atoms with Crippen LogP contribution in [-0.2, 0) is 4.79 Å². The van der Waals surface area contributed by atoms with Gasteiger partial charge in [-0.25, -0.2) is 0 Å². The molecule has 0 aromatic heterocycles. The van der Waals surface area contributed by atoms with Crippen LogP contribution < -0.4 is 5.32 Å². The molecule has 98 valence electrons. The van der Waals surface area contributed by atoms with Crippen LogP contribution in [0.15, 0.2) is 0 Å². The summed E-state index contributed by atoms with van der Waals surface area (Å²) in [6, 6.07) is 0. The molecule has 2 heteroatoms. The Hall–Kier alpha value is -0.370. The van der Waals surface area contributed by atoms with Crippen molar-refractivity contribution in [2.24, 2.45) is 17.3 Å². The number of nitrogens with one attached hydrogen (secondary N) is 1. The maximum absolute atomic E-state index is 12.7. The van der Waals surface area contributed by atoms with Crippen molar-refractivity contribution in [3.05, 3.63) is 0 Å². The molecule has 0 aromatic carbocycles. The monoisotopic (exact) mass is 237 g/mol. The van der Waals surface area contributed by atoms with E-state index in [2.05, 4.69) is 19.2 Å². The number of hydrogen-bond donors (Lipinski definition) is 1. The summed E-state index contributed by atoms with van der Waals surface area (Å²) >= 11 is 0. The summed E-state index contributed by atoms with van der Waals surface area (Å²) in [6.45, 7) is 6.53. The van der Waals surface area contributed by atoms with Crippen LogP contribution in [0.2, 0.25) is 0 Å². The Bertz CT molecular complexity index is 260. The first-order valence-electron chi connectivity index (χ1n) is 7.37. The van der Waals surface area contributed by atoms with E-state index in [0.717, 1.165) is 25.9 Å². The third kappa shape index (κ3) is 2.90. The van der Waals surface area contributed by atoms with Gasteiger partial charge in [0.05, 0.1) is 0 Å². The van der Waals surface area contributed by atoms with Gasteiger partial charge in [0.25, 0.3) is 0 Å². The molecule has 2 fully saturated rings. The van der Waals surface area contributed by atoms with Gasteiger partial charge in [0.2, 0.25) is 0 Å². The topological polar surface area (TPSA) is 29.1 Å². The molecule has 1 heterocycles. The van der Waals surface area contributed by atoms with E-state index in [0.29, 0.717) is 17.6 Å². The third-order valence-electron chi connectivity index (χ3n) is 4.93. The first-order valence-corrected chi connectivity index (χ1v) is 7.37. The number of rotatable bonds is 3. The second kappa shape index (κ2) is 5.51. The number of hydrogen-bond acceptors (Lipinski definition) is 2. The molecule has 0 radical (unpaired) electrons.